The highest BCUT2D eigenvalue weighted by Gasteiger charge is 2.27. The molecule has 2 N–H and O–H groups in total. The molecule has 0 aliphatic carbocycles. The zero-order chi connectivity index (χ0) is 15.4. The molecule has 0 spiro atoms. The Morgan fingerprint density at radius 1 is 1.52 bits per heavy atom. The second-order valence-corrected chi connectivity index (χ2v) is 5.95. The molecule has 6 heteroatoms. The standard InChI is InChI=1S/C15H23ClN4O/c1-3-6-20-7-4-12(5-8-20)19(2)15(21)13-9-11(17)10-18-14(13)16/h9-10,12H,3-8,17H2,1-2H3. The van der Waals surface area contributed by atoms with Gasteiger partial charge >= 0.3 is 0 Å². The minimum absolute atomic E-state index is 0.103. The van der Waals surface area contributed by atoms with Crippen LogP contribution >= 0.6 is 11.6 Å². The summed E-state index contributed by atoms with van der Waals surface area (Å²) in [5, 5.41) is 0.212. The lowest BCUT2D eigenvalue weighted by atomic mass is 10.0. The Hall–Kier alpha value is -1.33. The molecule has 2 heterocycles. The van der Waals surface area contributed by atoms with Crippen LogP contribution in [0.1, 0.15) is 36.5 Å². The third-order valence-electron chi connectivity index (χ3n) is 4.06. The Morgan fingerprint density at radius 3 is 2.81 bits per heavy atom. The fourth-order valence-corrected chi connectivity index (χ4v) is 3.00. The minimum atomic E-state index is -0.103. The van der Waals surface area contributed by atoms with E-state index in [0.717, 1.165) is 32.5 Å². The zero-order valence-corrected chi connectivity index (χ0v) is 13.4. The number of nitrogens with zero attached hydrogens (tertiary/aromatic N) is 3. The molecule has 1 aromatic rings. The number of aromatic nitrogens is 1. The molecular weight excluding hydrogens is 288 g/mol. The first-order valence-corrected chi connectivity index (χ1v) is 7.81. The van der Waals surface area contributed by atoms with Crippen LogP contribution in [-0.2, 0) is 0 Å². The van der Waals surface area contributed by atoms with Gasteiger partial charge in [0.25, 0.3) is 5.91 Å². The molecule has 1 fully saturated rings. The zero-order valence-electron chi connectivity index (χ0n) is 12.7. The summed E-state index contributed by atoms with van der Waals surface area (Å²) < 4.78 is 0. The largest absolute Gasteiger partial charge is 0.397 e. The van der Waals surface area contributed by atoms with Crippen LogP contribution in [0.2, 0.25) is 5.15 Å². The number of carbonyl (C=O) groups is 1. The maximum Gasteiger partial charge on any atom is 0.257 e. The lowest BCUT2D eigenvalue weighted by Crippen LogP contribution is -2.45. The van der Waals surface area contributed by atoms with Crippen LogP contribution in [0.15, 0.2) is 12.3 Å². The van der Waals surface area contributed by atoms with Crippen molar-refractivity contribution in [3.8, 4) is 0 Å². The van der Waals surface area contributed by atoms with Crippen molar-refractivity contribution >= 4 is 23.2 Å². The number of halogens is 1. The maximum absolute atomic E-state index is 12.6. The van der Waals surface area contributed by atoms with Crippen molar-refractivity contribution in [3.05, 3.63) is 23.0 Å². The number of amides is 1. The molecule has 0 unspecified atom stereocenters. The van der Waals surface area contributed by atoms with E-state index in [-0.39, 0.29) is 17.1 Å². The van der Waals surface area contributed by atoms with Gasteiger partial charge in [-0.1, -0.05) is 18.5 Å². The lowest BCUT2D eigenvalue weighted by molar-refractivity contribution is 0.0642. The van der Waals surface area contributed by atoms with Gasteiger partial charge in [0.05, 0.1) is 17.4 Å². The fourth-order valence-electron chi connectivity index (χ4n) is 2.82. The van der Waals surface area contributed by atoms with Crippen LogP contribution in [0.3, 0.4) is 0 Å². The second kappa shape index (κ2) is 7.09. The van der Waals surface area contributed by atoms with E-state index in [4.69, 9.17) is 17.3 Å². The number of hydrogen-bond acceptors (Lipinski definition) is 4. The van der Waals surface area contributed by atoms with Crippen molar-refractivity contribution in [3.63, 3.8) is 0 Å². The SMILES string of the molecule is CCCN1CCC(N(C)C(=O)c2cc(N)cnc2Cl)CC1. The number of carbonyl (C=O) groups excluding carboxylic acids is 1. The molecule has 0 saturated carbocycles. The summed E-state index contributed by atoms with van der Waals surface area (Å²) in [5.41, 5.74) is 6.53. The first kappa shape index (κ1) is 16.0. The van der Waals surface area contributed by atoms with Gasteiger partial charge in [-0.05, 0) is 31.9 Å². The second-order valence-electron chi connectivity index (χ2n) is 5.60. The third kappa shape index (κ3) is 3.86. The van der Waals surface area contributed by atoms with Crippen LogP contribution in [0.4, 0.5) is 5.69 Å². The first-order chi connectivity index (χ1) is 10.0. The topological polar surface area (TPSA) is 62.5 Å². The Kier molecular flexibility index (Phi) is 5.42. The van der Waals surface area contributed by atoms with E-state index in [2.05, 4.69) is 16.8 Å². The van der Waals surface area contributed by atoms with Crippen molar-refractivity contribution in [2.75, 3.05) is 32.4 Å². The highest BCUT2D eigenvalue weighted by Crippen LogP contribution is 2.21. The fraction of sp³-hybridized carbons (Fsp3) is 0.600. The van der Waals surface area contributed by atoms with Crippen LogP contribution < -0.4 is 5.73 Å². The predicted molar refractivity (Wildman–Crippen MR) is 85.5 cm³/mol. The van der Waals surface area contributed by atoms with Crippen LogP contribution in [0, 0.1) is 0 Å². The van der Waals surface area contributed by atoms with Gasteiger partial charge in [-0.3, -0.25) is 4.79 Å². The summed E-state index contributed by atoms with van der Waals surface area (Å²) in [6, 6.07) is 1.85. The van der Waals surface area contributed by atoms with Crippen molar-refractivity contribution in [1.82, 2.24) is 14.8 Å². The maximum atomic E-state index is 12.6. The van der Waals surface area contributed by atoms with Crippen LogP contribution in [-0.4, -0.2) is 53.4 Å². The minimum Gasteiger partial charge on any atom is -0.397 e. The Morgan fingerprint density at radius 2 is 2.19 bits per heavy atom. The number of nitrogens with two attached hydrogens (primary N) is 1. The molecule has 21 heavy (non-hydrogen) atoms. The molecule has 0 aromatic carbocycles. The molecule has 1 amide bonds. The molecule has 5 nitrogen and oxygen atoms in total. The number of nitrogen functional groups attached to an aromatic ring is 1. The van der Waals surface area contributed by atoms with Gasteiger partial charge in [0.1, 0.15) is 5.15 Å². The number of hydrogen-bond donors (Lipinski definition) is 1. The quantitative estimate of drug-likeness (QED) is 0.867. The normalized spacial score (nSPS) is 16.9. The first-order valence-electron chi connectivity index (χ1n) is 7.43. The van der Waals surface area contributed by atoms with E-state index >= 15 is 0 Å². The number of anilines is 1. The van der Waals surface area contributed by atoms with Crippen molar-refractivity contribution < 1.29 is 4.79 Å². The molecule has 0 bridgehead atoms. The van der Waals surface area contributed by atoms with E-state index in [1.807, 2.05) is 7.05 Å². The Balaban J connectivity index is 2.01. The summed E-state index contributed by atoms with van der Waals surface area (Å²) in [6.45, 7) is 5.41. The van der Waals surface area contributed by atoms with Gasteiger partial charge in [-0.15, -0.1) is 0 Å². The highest BCUT2D eigenvalue weighted by atomic mass is 35.5. The summed E-state index contributed by atoms with van der Waals surface area (Å²) >= 11 is 6.02. The average molecular weight is 311 g/mol. The molecule has 1 aliphatic rings. The highest BCUT2D eigenvalue weighted by molar-refractivity contribution is 6.32. The summed E-state index contributed by atoms with van der Waals surface area (Å²) in [4.78, 5) is 20.7. The van der Waals surface area contributed by atoms with E-state index < -0.39 is 0 Å². The molecule has 1 aliphatic heterocycles. The van der Waals surface area contributed by atoms with Crippen LogP contribution in [0.5, 0.6) is 0 Å². The Bertz CT molecular complexity index is 500. The average Bonchev–Trinajstić information content (AvgIpc) is 2.49. The number of rotatable bonds is 4. The van der Waals surface area contributed by atoms with Crippen LogP contribution in [0.25, 0.3) is 0 Å². The van der Waals surface area contributed by atoms with E-state index in [1.165, 1.54) is 12.6 Å². The number of pyridine rings is 1. The molecule has 1 saturated heterocycles. The van der Waals surface area contributed by atoms with Gasteiger partial charge in [0.15, 0.2) is 0 Å². The third-order valence-corrected chi connectivity index (χ3v) is 4.36. The number of piperidine rings is 1. The van der Waals surface area contributed by atoms with Crippen molar-refractivity contribution in [2.45, 2.75) is 32.2 Å². The van der Waals surface area contributed by atoms with Gasteiger partial charge in [-0.2, -0.15) is 0 Å². The molecule has 2 rings (SSSR count). The molecular formula is C15H23ClN4O. The van der Waals surface area contributed by atoms with E-state index in [0.29, 0.717) is 11.3 Å². The van der Waals surface area contributed by atoms with E-state index in [9.17, 15) is 4.79 Å². The number of likely N-dealkylation sites (tertiary alicyclic amines) is 1. The monoisotopic (exact) mass is 310 g/mol. The molecule has 0 radical (unpaired) electrons. The molecule has 116 valence electrons. The van der Waals surface area contributed by atoms with Crippen molar-refractivity contribution in [2.24, 2.45) is 0 Å². The molecule has 0 atom stereocenters. The summed E-state index contributed by atoms with van der Waals surface area (Å²) in [7, 11) is 1.84. The van der Waals surface area contributed by atoms with Gasteiger partial charge < -0.3 is 15.5 Å². The predicted octanol–water partition coefficient (Wildman–Crippen LogP) is 2.26. The van der Waals surface area contributed by atoms with Gasteiger partial charge in [0.2, 0.25) is 0 Å². The Labute approximate surface area is 131 Å². The summed E-state index contributed by atoms with van der Waals surface area (Å²) in [6.07, 6.45) is 4.62. The van der Waals surface area contributed by atoms with E-state index in [1.54, 1.807) is 11.0 Å². The van der Waals surface area contributed by atoms with Gasteiger partial charge in [0, 0.05) is 26.2 Å². The summed E-state index contributed by atoms with van der Waals surface area (Å²) in [5.74, 6) is -0.103. The van der Waals surface area contributed by atoms with Crippen molar-refractivity contribution in [1.29, 1.82) is 0 Å². The molecule has 1 aromatic heterocycles. The lowest BCUT2D eigenvalue weighted by Gasteiger charge is -2.36. The van der Waals surface area contributed by atoms with Gasteiger partial charge in [-0.25, -0.2) is 4.98 Å². The smallest absolute Gasteiger partial charge is 0.257 e.